The van der Waals surface area contributed by atoms with E-state index in [1.54, 1.807) is 6.08 Å². The molecule has 0 rings (SSSR count). The molecule has 0 aliphatic carbocycles. The lowest BCUT2D eigenvalue weighted by Gasteiger charge is -2.20. The largest absolute Gasteiger partial charge is 0.480 e. The molecule has 4 atom stereocenters. The number of phosphoric acid groups is 1. The number of unbranched alkanes of at least 4 members (excludes halogenated alkanes) is 1. The number of ether oxygens (including phenoxy) is 2. The molecule has 2 unspecified atom stereocenters. The lowest BCUT2D eigenvalue weighted by Crippen LogP contribution is -2.34. The fraction of sp³-hybridized carbons (Fsp3) is 0.479. The first-order valence-corrected chi connectivity index (χ1v) is 22.8. The molecule has 0 aliphatic rings. The van der Waals surface area contributed by atoms with Gasteiger partial charge in [0.15, 0.2) is 6.10 Å². The summed E-state index contributed by atoms with van der Waals surface area (Å²) >= 11 is 0. The number of phosphoric ester groups is 1. The van der Waals surface area contributed by atoms with Crippen LogP contribution in [0.5, 0.6) is 0 Å². The van der Waals surface area contributed by atoms with Crippen molar-refractivity contribution >= 4 is 25.7 Å². The highest BCUT2D eigenvalue weighted by Gasteiger charge is 2.28. The maximum atomic E-state index is 12.6. The zero-order valence-electron chi connectivity index (χ0n) is 36.3. The van der Waals surface area contributed by atoms with Gasteiger partial charge >= 0.3 is 25.7 Å². The Hall–Kier alpha value is -4.42. The maximum Gasteiger partial charge on any atom is 0.472 e. The maximum absolute atomic E-state index is 12.6. The number of rotatable bonds is 37. The summed E-state index contributed by atoms with van der Waals surface area (Å²) in [5.74, 6) is -2.63. The number of carbonyl (C=O) groups is 3. The second-order valence-electron chi connectivity index (χ2n) is 13.6. The Bertz CT molecular complexity index is 1550. The third-order valence-electron chi connectivity index (χ3n) is 7.99. The van der Waals surface area contributed by atoms with Gasteiger partial charge < -0.3 is 30.3 Å². The molecule has 13 heteroatoms. The summed E-state index contributed by atoms with van der Waals surface area (Å²) in [6.45, 7) is 2.32. The second-order valence-corrected chi connectivity index (χ2v) is 15.0. The zero-order valence-corrected chi connectivity index (χ0v) is 37.2. The van der Waals surface area contributed by atoms with Crippen LogP contribution in [0.4, 0.5) is 0 Å². The van der Waals surface area contributed by atoms with Gasteiger partial charge in [0, 0.05) is 12.8 Å². The summed E-state index contributed by atoms with van der Waals surface area (Å²) in [6, 6.07) is -1.56. The topological polar surface area (TPSA) is 192 Å². The van der Waals surface area contributed by atoms with E-state index in [1.165, 1.54) is 0 Å². The van der Waals surface area contributed by atoms with Gasteiger partial charge in [-0.25, -0.2) is 4.57 Å². The lowest BCUT2D eigenvalue weighted by atomic mass is 10.2. The number of aliphatic carboxylic acids is 1. The number of hydrogen-bond donors (Lipinski definition) is 4. The van der Waals surface area contributed by atoms with Crippen molar-refractivity contribution in [3.8, 4) is 0 Å². The SMILES string of the molecule is CC/C=C\C/C=C\C/C=C\C/C=C\C/C=C\C/C=C\CCC(=O)O[C@H](COC(=O)CCC/C=C\C/C=C\C=C\C(O)C/C=C\C/C=C\CC)COP(=O)(O)OC[C@H](N)C(=O)O. The molecular formula is C48H72NO11P. The van der Waals surface area contributed by atoms with E-state index in [1.807, 2.05) is 60.8 Å². The summed E-state index contributed by atoms with van der Waals surface area (Å²) in [7, 11) is -4.77. The first kappa shape index (κ1) is 56.6. The number of carboxylic acid groups (broad SMARTS) is 1. The van der Waals surface area contributed by atoms with Crippen molar-refractivity contribution in [3.63, 3.8) is 0 Å². The van der Waals surface area contributed by atoms with Gasteiger partial charge in [-0.3, -0.25) is 23.4 Å². The highest BCUT2D eigenvalue weighted by Crippen LogP contribution is 2.43. The van der Waals surface area contributed by atoms with Crippen LogP contribution in [-0.4, -0.2) is 71.1 Å². The molecule has 0 spiro atoms. The van der Waals surface area contributed by atoms with Crippen LogP contribution in [0.15, 0.2) is 134 Å². The van der Waals surface area contributed by atoms with Crippen LogP contribution in [-0.2, 0) is 37.5 Å². The van der Waals surface area contributed by atoms with Gasteiger partial charge in [-0.1, -0.05) is 148 Å². The van der Waals surface area contributed by atoms with E-state index < -0.39 is 63.8 Å². The van der Waals surface area contributed by atoms with Gasteiger partial charge in [0.25, 0.3) is 0 Å². The first-order valence-electron chi connectivity index (χ1n) is 21.3. The number of allylic oxidation sites excluding steroid dienone is 20. The molecule has 0 aromatic rings. The predicted molar refractivity (Wildman–Crippen MR) is 245 cm³/mol. The molecular weight excluding hydrogens is 797 g/mol. The molecule has 61 heavy (non-hydrogen) atoms. The fourth-order valence-corrected chi connectivity index (χ4v) is 5.46. The van der Waals surface area contributed by atoms with E-state index >= 15 is 0 Å². The predicted octanol–water partition coefficient (Wildman–Crippen LogP) is 10.4. The van der Waals surface area contributed by atoms with Crippen LogP contribution in [0.3, 0.4) is 0 Å². The average molecular weight is 870 g/mol. The molecule has 0 radical (unpaired) electrons. The Balaban J connectivity index is 4.69. The molecule has 0 fully saturated rings. The van der Waals surface area contributed by atoms with Gasteiger partial charge in [-0.15, -0.1) is 0 Å². The minimum atomic E-state index is -4.77. The fourth-order valence-electron chi connectivity index (χ4n) is 4.68. The number of carboxylic acids is 1. The summed E-state index contributed by atoms with van der Waals surface area (Å²) < 4.78 is 32.5. The summed E-state index contributed by atoms with van der Waals surface area (Å²) in [5.41, 5.74) is 5.32. The van der Waals surface area contributed by atoms with Crippen molar-refractivity contribution in [1.29, 1.82) is 0 Å². The van der Waals surface area contributed by atoms with Crippen LogP contribution in [0, 0.1) is 0 Å². The first-order chi connectivity index (χ1) is 29.5. The van der Waals surface area contributed by atoms with Gasteiger partial charge in [0.05, 0.1) is 19.3 Å². The standard InChI is InChI=1S/C48H72NO11P/c1-3-5-7-9-11-12-13-14-15-16-17-18-19-20-21-22-27-31-35-39-47(52)60-44(41-58-61(55,56)59-42-45(49)48(53)54)40-57-46(51)38-34-30-26-24-23-25-29-33-37-43(50)36-32-28-10-8-6-4-2/h5-8,11-12,14-15,17-18,20-21,24-29,31-33,37,43-45,50H,3-4,9-10,13,16,19,22-23,30,34-36,38-42,49H2,1-2H3,(H,53,54)(H,55,56)/b7-5-,8-6-,12-11-,15-14-,18-17-,21-20-,26-24-,29-25-,31-27-,32-28-,37-33+/t43?,44-,45+/m1/s1. The summed E-state index contributed by atoms with van der Waals surface area (Å²) in [6.07, 6.45) is 52.8. The summed E-state index contributed by atoms with van der Waals surface area (Å²) in [5, 5.41) is 18.9. The molecule has 0 aliphatic heterocycles. The highest BCUT2D eigenvalue weighted by atomic mass is 31.2. The smallest absolute Gasteiger partial charge is 0.472 e. The van der Waals surface area contributed by atoms with Crippen LogP contribution in [0.25, 0.3) is 0 Å². The molecule has 0 aromatic heterocycles. The van der Waals surface area contributed by atoms with Crippen LogP contribution >= 0.6 is 7.82 Å². The molecule has 0 aromatic carbocycles. The molecule has 0 bridgehead atoms. The molecule has 5 N–H and O–H groups in total. The zero-order chi connectivity index (χ0) is 45.1. The number of aliphatic hydroxyl groups excluding tert-OH is 1. The number of carbonyl (C=O) groups excluding carboxylic acids is 2. The second kappa shape index (κ2) is 41.0. The molecule has 0 amide bonds. The van der Waals surface area contributed by atoms with E-state index in [2.05, 4.69) is 85.2 Å². The van der Waals surface area contributed by atoms with Gasteiger partial charge in [-0.05, 0) is 83.5 Å². The number of hydrogen-bond acceptors (Lipinski definition) is 10. The van der Waals surface area contributed by atoms with Crippen LogP contribution < -0.4 is 5.73 Å². The van der Waals surface area contributed by atoms with Crippen molar-refractivity contribution in [1.82, 2.24) is 0 Å². The Morgan fingerprint density at radius 1 is 0.590 bits per heavy atom. The molecule has 340 valence electrons. The Morgan fingerprint density at radius 3 is 1.61 bits per heavy atom. The third kappa shape index (κ3) is 40.7. The Labute approximate surface area is 365 Å². The Morgan fingerprint density at radius 2 is 1.07 bits per heavy atom. The van der Waals surface area contributed by atoms with Crippen LogP contribution in [0.2, 0.25) is 0 Å². The van der Waals surface area contributed by atoms with Crippen molar-refractivity contribution in [2.24, 2.45) is 5.73 Å². The van der Waals surface area contributed by atoms with Gasteiger partial charge in [-0.2, -0.15) is 0 Å². The minimum Gasteiger partial charge on any atom is -0.480 e. The van der Waals surface area contributed by atoms with E-state index in [0.29, 0.717) is 38.5 Å². The normalized spacial score (nSPS) is 15.5. The summed E-state index contributed by atoms with van der Waals surface area (Å²) in [4.78, 5) is 45.9. The average Bonchev–Trinajstić information content (AvgIpc) is 3.23. The van der Waals surface area contributed by atoms with E-state index in [4.69, 9.17) is 24.8 Å². The Kier molecular flexibility index (Phi) is 38.0. The van der Waals surface area contributed by atoms with E-state index in [9.17, 15) is 28.9 Å². The van der Waals surface area contributed by atoms with E-state index in [-0.39, 0.29) is 12.8 Å². The van der Waals surface area contributed by atoms with Gasteiger partial charge in [0.2, 0.25) is 0 Å². The van der Waals surface area contributed by atoms with Crippen molar-refractivity contribution in [3.05, 3.63) is 134 Å². The van der Waals surface area contributed by atoms with Crippen molar-refractivity contribution in [2.45, 2.75) is 128 Å². The monoisotopic (exact) mass is 869 g/mol. The molecule has 0 saturated heterocycles. The molecule has 12 nitrogen and oxygen atoms in total. The van der Waals surface area contributed by atoms with Gasteiger partial charge in [0.1, 0.15) is 12.6 Å². The quantitative estimate of drug-likeness (QED) is 0.0152. The number of nitrogens with two attached hydrogens (primary N) is 1. The van der Waals surface area contributed by atoms with Crippen molar-refractivity contribution in [2.75, 3.05) is 19.8 Å². The highest BCUT2D eigenvalue weighted by molar-refractivity contribution is 7.47. The number of esters is 2. The molecule has 0 saturated carbocycles. The third-order valence-corrected chi connectivity index (χ3v) is 8.94. The lowest BCUT2D eigenvalue weighted by molar-refractivity contribution is -0.161. The van der Waals surface area contributed by atoms with Crippen molar-refractivity contribution < 1.29 is 52.6 Å². The minimum absolute atomic E-state index is 0.00213. The van der Waals surface area contributed by atoms with E-state index in [0.717, 1.165) is 44.9 Å². The number of aliphatic hydroxyl groups is 1. The van der Waals surface area contributed by atoms with Crippen LogP contribution in [0.1, 0.15) is 110 Å². The molecule has 0 heterocycles.